The van der Waals surface area contributed by atoms with E-state index < -0.39 is 0 Å². The van der Waals surface area contributed by atoms with Crippen LogP contribution in [0.2, 0.25) is 0 Å². The minimum absolute atomic E-state index is 0.0572. The van der Waals surface area contributed by atoms with E-state index >= 15 is 0 Å². The van der Waals surface area contributed by atoms with Crippen LogP contribution in [0.3, 0.4) is 0 Å². The van der Waals surface area contributed by atoms with Gasteiger partial charge in [0.05, 0.1) is 19.3 Å². The zero-order valence-electron chi connectivity index (χ0n) is 14.5. The number of halogens is 1. The molecule has 1 heterocycles. The van der Waals surface area contributed by atoms with Crippen LogP contribution in [0.4, 0.5) is 0 Å². The molecule has 1 saturated heterocycles. The fourth-order valence-corrected chi connectivity index (χ4v) is 4.53. The second kappa shape index (κ2) is 6.89. The van der Waals surface area contributed by atoms with Gasteiger partial charge in [-0.25, -0.2) is 0 Å². The van der Waals surface area contributed by atoms with Crippen molar-refractivity contribution < 1.29 is 14.3 Å². The number of hydrogen-bond donors (Lipinski definition) is 0. The minimum atomic E-state index is -0.363. The van der Waals surface area contributed by atoms with Gasteiger partial charge in [0.2, 0.25) is 0 Å². The average Bonchev–Trinajstić information content (AvgIpc) is 2.59. The summed E-state index contributed by atoms with van der Waals surface area (Å²) in [5, 5.41) is 0. The number of fused-ring (bicyclic) bond motifs is 2. The topological polar surface area (TPSA) is 35.5 Å². The van der Waals surface area contributed by atoms with Gasteiger partial charge in [-0.3, -0.25) is 4.79 Å². The Kier molecular flexibility index (Phi) is 5.03. The Labute approximate surface area is 149 Å². The van der Waals surface area contributed by atoms with E-state index in [1.807, 2.05) is 6.07 Å². The van der Waals surface area contributed by atoms with Gasteiger partial charge in [-0.2, -0.15) is 0 Å². The first-order valence-electron chi connectivity index (χ1n) is 8.56. The Morgan fingerprint density at radius 1 is 1.33 bits per heavy atom. The first kappa shape index (κ1) is 17.5. The van der Waals surface area contributed by atoms with Crippen LogP contribution in [-0.2, 0) is 14.3 Å². The maximum absolute atomic E-state index is 11.6. The normalized spacial score (nSPS) is 35.2. The quantitative estimate of drug-likeness (QED) is 0.460. The number of allylic oxidation sites excluding steroid dienone is 1. The molecule has 1 aliphatic heterocycles. The van der Waals surface area contributed by atoms with Crippen LogP contribution in [0, 0.1) is 23.2 Å². The molecule has 4 heteroatoms. The number of esters is 1. The van der Waals surface area contributed by atoms with Crippen LogP contribution < -0.4 is 0 Å². The molecule has 3 rings (SSSR count). The third kappa shape index (κ3) is 2.89. The molecular weight excluding hydrogens is 324 g/mol. The van der Waals surface area contributed by atoms with E-state index in [0.717, 1.165) is 0 Å². The number of carbonyl (C=O) groups is 1. The molecule has 130 valence electrons. The lowest BCUT2D eigenvalue weighted by Crippen LogP contribution is -2.54. The summed E-state index contributed by atoms with van der Waals surface area (Å²) in [6.45, 7) is 7.60. The van der Waals surface area contributed by atoms with Crippen molar-refractivity contribution in [2.24, 2.45) is 23.2 Å². The van der Waals surface area contributed by atoms with Crippen LogP contribution >= 0.6 is 11.6 Å². The smallest absolute Gasteiger partial charge is 0.320 e. The minimum Gasteiger partial charge on any atom is -0.464 e. The van der Waals surface area contributed by atoms with E-state index in [2.05, 4.69) is 51.1 Å². The van der Waals surface area contributed by atoms with Crippen molar-refractivity contribution in [1.82, 2.24) is 0 Å². The standard InChI is InChI=1S/C20H25ClO3/c1-13-9-14(2)20(11-23-17(22)10-21)12-24-19(18(13)15(20)3)16-7-5-4-6-8-16/h4-9,14-15,18-19H,10-12H2,1-3H3. The summed E-state index contributed by atoms with van der Waals surface area (Å²) in [5.74, 6) is 0.485. The van der Waals surface area contributed by atoms with Crippen LogP contribution in [0.25, 0.3) is 0 Å². The Morgan fingerprint density at radius 3 is 2.71 bits per heavy atom. The Morgan fingerprint density at radius 2 is 2.04 bits per heavy atom. The second-order valence-corrected chi connectivity index (χ2v) is 7.45. The summed E-state index contributed by atoms with van der Waals surface area (Å²) < 4.78 is 11.8. The summed E-state index contributed by atoms with van der Waals surface area (Å²) in [6, 6.07) is 10.4. The first-order valence-corrected chi connectivity index (χ1v) is 9.09. The Balaban J connectivity index is 1.91. The average molecular weight is 349 g/mol. The molecule has 1 aliphatic carbocycles. The van der Waals surface area contributed by atoms with Crippen LogP contribution in [-0.4, -0.2) is 25.1 Å². The molecule has 1 fully saturated rings. The highest BCUT2D eigenvalue weighted by atomic mass is 35.5. The Hall–Kier alpha value is -1.32. The van der Waals surface area contributed by atoms with E-state index in [9.17, 15) is 4.79 Å². The number of alkyl halides is 1. The molecule has 3 nitrogen and oxygen atoms in total. The summed E-state index contributed by atoms with van der Waals surface area (Å²) in [5.41, 5.74) is 2.39. The largest absolute Gasteiger partial charge is 0.464 e. The molecule has 5 unspecified atom stereocenters. The highest BCUT2D eigenvalue weighted by molar-refractivity contribution is 6.26. The first-order chi connectivity index (χ1) is 11.5. The maximum atomic E-state index is 11.6. The predicted octanol–water partition coefficient (Wildman–Crippen LogP) is 4.37. The van der Waals surface area contributed by atoms with Crippen molar-refractivity contribution in [2.45, 2.75) is 26.9 Å². The molecule has 2 bridgehead atoms. The molecule has 1 aromatic carbocycles. The molecule has 0 aromatic heterocycles. The zero-order chi connectivity index (χ0) is 17.3. The van der Waals surface area contributed by atoms with Gasteiger partial charge in [0.1, 0.15) is 5.88 Å². The van der Waals surface area contributed by atoms with E-state index in [0.29, 0.717) is 31.0 Å². The molecule has 0 N–H and O–H groups in total. The van der Waals surface area contributed by atoms with E-state index in [1.54, 1.807) is 0 Å². The maximum Gasteiger partial charge on any atom is 0.320 e. The summed E-state index contributed by atoms with van der Waals surface area (Å²) in [7, 11) is 0. The van der Waals surface area contributed by atoms with Crippen molar-refractivity contribution in [3.8, 4) is 0 Å². The van der Waals surface area contributed by atoms with Gasteiger partial charge in [0.25, 0.3) is 0 Å². The van der Waals surface area contributed by atoms with Crippen molar-refractivity contribution in [3.05, 3.63) is 47.5 Å². The fraction of sp³-hybridized carbons (Fsp3) is 0.550. The molecule has 0 spiro atoms. The van der Waals surface area contributed by atoms with Gasteiger partial charge < -0.3 is 9.47 Å². The lowest BCUT2D eigenvalue weighted by atomic mass is 9.56. The number of benzene rings is 1. The van der Waals surface area contributed by atoms with Crippen LogP contribution in [0.5, 0.6) is 0 Å². The molecular formula is C20H25ClO3. The molecule has 0 amide bonds. The molecule has 1 aromatic rings. The molecule has 2 aliphatic rings. The van der Waals surface area contributed by atoms with Crippen LogP contribution in [0.1, 0.15) is 32.4 Å². The number of hydrogen-bond acceptors (Lipinski definition) is 3. The van der Waals surface area contributed by atoms with E-state index in [1.165, 1.54) is 11.1 Å². The third-order valence-corrected chi connectivity index (χ3v) is 6.21. The second-order valence-electron chi connectivity index (χ2n) is 7.18. The number of rotatable bonds is 4. The summed E-state index contributed by atoms with van der Waals surface area (Å²) in [6.07, 6.45) is 2.39. The van der Waals surface area contributed by atoms with Gasteiger partial charge in [-0.15, -0.1) is 11.6 Å². The van der Waals surface area contributed by atoms with Crippen LogP contribution in [0.15, 0.2) is 42.0 Å². The van der Waals surface area contributed by atoms with Crippen molar-refractivity contribution in [1.29, 1.82) is 0 Å². The summed E-state index contributed by atoms with van der Waals surface area (Å²) in [4.78, 5) is 11.6. The highest BCUT2D eigenvalue weighted by Gasteiger charge is 2.54. The zero-order valence-corrected chi connectivity index (χ0v) is 15.3. The van der Waals surface area contributed by atoms with Gasteiger partial charge in [0, 0.05) is 11.3 Å². The predicted molar refractivity (Wildman–Crippen MR) is 94.8 cm³/mol. The number of carbonyl (C=O) groups excluding carboxylic acids is 1. The lowest BCUT2D eigenvalue weighted by Gasteiger charge is -2.55. The SMILES string of the molecule is CC1=CC(C)C2(COC(=O)CCl)COC(c3ccccc3)C1C2C. The van der Waals surface area contributed by atoms with E-state index in [4.69, 9.17) is 21.1 Å². The van der Waals surface area contributed by atoms with Gasteiger partial charge in [-0.05, 0) is 24.3 Å². The van der Waals surface area contributed by atoms with Crippen molar-refractivity contribution in [3.63, 3.8) is 0 Å². The van der Waals surface area contributed by atoms with Gasteiger partial charge in [-0.1, -0.05) is 55.8 Å². The number of ether oxygens (including phenoxy) is 2. The van der Waals surface area contributed by atoms with Gasteiger partial charge in [0.15, 0.2) is 0 Å². The molecule has 0 radical (unpaired) electrons. The summed E-state index contributed by atoms with van der Waals surface area (Å²) >= 11 is 5.58. The van der Waals surface area contributed by atoms with Gasteiger partial charge >= 0.3 is 5.97 Å². The monoisotopic (exact) mass is 348 g/mol. The third-order valence-electron chi connectivity index (χ3n) is 5.99. The van der Waals surface area contributed by atoms with Crippen molar-refractivity contribution in [2.75, 3.05) is 19.1 Å². The lowest BCUT2D eigenvalue weighted by molar-refractivity contribution is -0.180. The molecule has 24 heavy (non-hydrogen) atoms. The fourth-order valence-electron chi connectivity index (χ4n) is 4.45. The Bertz CT molecular complexity index is 627. The van der Waals surface area contributed by atoms with Crippen molar-refractivity contribution >= 4 is 17.6 Å². The highest BCUT2D eigenvalue weighted by Crippen LogP contribution is 2.56. The molecule has 5 atom stereocenters. The van der Waals surface area contributed by atoms with E-state index in [-0.39, 0.29) is 23.4 Å². The molecule has 0 saturated carbocycles.